The molecular weight excluding hydrogens is 598 g/mol. The average molecular weight is 626 g/mol. The van der Waals surface area contributed by atoms with Crippen LogP contribution in [0.2, 0.25) is 0 Å². The number of rotatable bonds is 12. The zero-order valence-electron chi connectivity index (χ0n) is 21.8. The van der Waals surface area contributed by atoms with Gasteiger partial charge in [0.2, 0.25) is 5.60 Å². The van der Waals surface area contributed by atoms with Crippen molar-refractivity contribution < 1.29 is 37.3 Å². The maximum Gasteiger partial charge on any atom is 0.362 e. The van der Waals surface area contributed by atoms with E-state index in [1.54, 1.807) is 0 Å². The molecule has 21 heteroatoms. The van der Waals surface area contributed by atoms with Crippen LogP contribution in [0.15, 0.2) is 21.7 Å². The number of aliphatic carboxylic acids is 1. The van der Waals surface area contributed by atoms with Crippen molar-refractivity contribution in [1.82, 2.24) is 34.9 Å². The van der Waals surface area contributed by atoms with E-state index in [2.05, 4.69) is 36.0 Å². The summed E-state index contributed by atoms with van der Waals surface area (Å²) >= 11 is 0.971. The van der Waals surface area contributed by atoms with Gasteiger partial charge in [0, 0.05) is 24.3 Å². The molecule has 1 saturated heterocycles. The lowest BCUT2D eigenvalue weighted by molar-refractivity contribution is -0.153. The fourth-order valence-electron chi connectivity index (χ4n) is 4.18. The predicted molar refractivity (Wildman–Crippen MR) is 144 cm³/mol. The summed E-state index contributed by atoms with van der Waals surface area (Å²) in [5.74, 6) is -3.18. The number of aromatic nitrogens is 4. The number of guanidine groups is 1. The van der Waals surface area contributed by atoms with Crippen LogP contribution in [0.4, 0.5) is 5.13 Å². The number of nitrogen functional groups attached to an aromatic ring is 1. The summed E-state index contributed by atoms with van der Waals surface area (Å²) in [6.45, 7) is -0.267. The zero-order chi connectivity index (χ0) is 30.2. The maximum absolute atomic E-state index is 13.2. The highest BCUT2D eigenvalue weighted by Gasteiger charge is 2.56. The molecule has 226 valence electrons. The number of carbonyl (C=O) groups excluding carboxylic acids is 2. The molecule has 2 aliphatic carbocycles. The average Bonchev–Trinajstić information content (AvgIpc) is 3.36. The normalized spacial score (nSPS) is 22.2. The van der Waals surface area contributed by atoms with E-state index in [1.807, 2.05) is 0 Å². The molecule has 2 atom stereocenters. The summed E-state index contributed by atoms with van der Waals surface area (Å²) in [7, 11) is -5.01. The Morgan fingerprint density at radius 1 is 1.29 bits per heavy atom. The third-order valence-corrected chi connectivity index (χ3v) is 8.51. The molecule has 0 radical (unpaired) electrons. The predicted octanol–water partition coefficient (Wildman–Crippen LogP) is -2.19. The largest absolute Gasteiger partial charge is 0.478 e. The van der Waals surface area contributed by atoms with Crippen LogP contribution in [-0.4, -0.2) is 95.5 Å². The fourth-order valence-corrected chi connectivity index (χ4v) is 5.60. The number of nitrogens with zero attached hydrogens (tertiary/aromatic N) is 7. The number of carboxylic acid groups (broad SMARTS) is 1. The summed E-state index contributed by atoms with van der Waals surface area (Å²) in [6.07, 6.45) is 4.85. The molecule has 5 rings (SSSR count). The van der Waals surface area contributed by atoms with Gasteiger partial charge in [-0.3, -0.25) is 14.1 Å². The smallest absolute Gasteiger partial charge is 0.362 e. The first kappa shape index (κ1) is 29.1. The molecule has 3 aliphatic rings. The van der Waals surface area contributed by atoms with E-state index < -0.39 is 51.5 Å². The zero-order valence-corrected chi connectivity index (χ0v) is 23.4. The van der Waals surface area contributed by atoms with Crippen LogP contribution in [0.25, 0.3) is 0 Å². The lowest BCUT2D eigenvalue weighted by atomic mass is 9.93. The Morgan fingerprint density at radius 2 is 2.02 bits per heavy atom. The van der Waals surface area contributed by atoms with Crippen molar-refractivity contribution in [1.29, 1.82) is 0 Å². The summed E-state index contributed by atoms with van der Waals surface area (Å²) in [6, 6.07) is -2.51. The lowest BCUT2D eigenvalue weighted by Gasteiger charge is -2.43. The number of carboxylic acids is 1. The van der Waals surface area contributed by atoms with E-state index in [4.69, 9.17) is 16.3 Å². The van der Waals surface area contributed by atoms with Gasteiger partial charge in [-0.15, -0.1) is 11.3 Å². The van der Waals surface area contributed by atoms with Gasteiger partial charge in [0.1, 0.15) is 23.5 Å². The topological polar surface area (TPSA) is 283 Å². The molecular formula is C21H27N11O8S2. The standard InChI is InChI=1S/C21H27N11O8S2/c22-19(26-10-2-1-3-10)24-6-11-7-25-31(29-11)8-13-15(17(34)32(13)42(37,38)39)28-16(33)14(12-9-41-20(23)27-12)30-40-21(4-5-21)18(35)36/h7,9-10,13,15H,1-6,8H2,(H2,23,27)(H,28,33)(H,35,36)(H3,22,24,26)(H,37,38,39)/b30-14-/t13-,15+/m1/s1. The first-order chi connectivity index (χ1) is 19.9. The van der Waals surface area contributed by atoms with E-state index in [0.717, 1.165) is 35.4 Å². The Labute approximate surface area is 241 Å². The molecule has 3 heterocycles. The number of nitrogens with one attached hydrogen (secondary N) is 2. The minimum atomic E-state index is -5.01. The number of aliphatic imine (C=N–C) groups is 1. The third-order valence-electron chi connectivity index (χ3n) is 6.89. The third kappa shape index (κ3) is 6.11. The SMILES string of the molecule is NC(=NCc1cnn(C[C@@H]2[C@H](NC(=O)/C(=N\OC3(C(=O)O)CC3)c3csc(N)n3)C(=O)N2S(=O)(=O)O)n1)NC1CCC1. The maximum atomic E-state index is 13.2. The van der Waals surface area contributed by atoms with Crippen molar-refractivity contribution in [2.45, 2.75) is 68.9 Å². The molecule has 2 aromatic rings. The number of anilines is 1. The van der Waals surface area contributed by atoms with Crippen LogP contribution in [0, 0.1) is 0 Å². The second-order valence-corrected chi connectivity index (χ2v) is 12.1. The summed E-state index contributed by atoms with van der Waals surface area (Å²) in [5.41, 5.74) is 9.78. The van der Waals surface area contributed by atoms with Gasteiger partial charge in [0.05, 0.1) is 19.3 Å². The van der Waals surface area contributed by atoms with Gasteiger partial charge in [0.25, 0.3) is 11.8 Å². The van der Waals surface area contributed by atoms with Crippen LogP contribution in [0.3, 0.4) is 0 Å². The van der Waals surface area contributed by atoms with Gasteiger partial charge in [-0.05, 0) is 19.3 Å². The number of nitrogens with two attached hydrogens (primary N) is 2. The number of hydrogen-bond acceptors (Lipinski definition) is 13. The molecule has 2 aromatic heterocycles. The van der Waals surface area contributed by atoms with E-state index in [1.165, 1.54) is 11.6 Å². The Balaban J connectivity index is 1.31. The highest BCUT2D eigenvalue weighted by molar-refractivity contribution is 7.84. The molecule has 1 aliphatic heterocycles. The Bertz CT molecular complexity index is 1560. The molecule has 2 amide bonds. The monoisotopic (exact) mass is 625 g/mol. The van der Waals surface area contributed by atoms with Crippen LogP contribution in [0.1, 0.15) is 43.5 Å². The Morgan fingerprint density at radius 3 is 2.60 bits per heavy atom. The van der Waals surface area contributed by atoms with Crippen molar-refractivity contribution in [3.8, 4) is 0 Å². The molecule has 3 fully saturated rings. The quantitative estimate of drug-likeness (QED) is 0.0480. The van der Waals surface area contributed by atoms with Crippen LogP contribution in [0.5, 0.6) is 0 Å². The van der Waals surface area contributed by atoms with E-state index >= 15 is 0 Å². The first-order valence-corrected chi connectivity index (χ1v) is 14.9. The van der Waals surface area contributed by atoms with Gasteiger partial charge in [-0.2, -0.15) is 23.4 Å². The minimum Gasteiger partial charge on any atom is -0.478 e. The molecule has 0 aromatic carbocycles. The minimum absolute atomic E-state index is 0.0591. The highest BCUT2D eigenvalue weighted by atomic mass is 32.2. The second-order valence-electron chi connectivity index (χ2n) is 9.90. The van der Waals surface area contributed by atoms with E-state index in [-0.39, 0.29) is 53.1 Å². The number of amides is 2. The number of hydrogen-bond donors (Lipinski definition) is 6. The molecule has 0 unspecified atom stereocenters. The molecule has 19 nitrogen and oxygen atoms in total. The van der Waals surface area contributed by atoms with Crippen LogP contribution < -0.4 is 22.1 Å². The summed E-state index contributed by atoms with van der Waals surface area (Å²) in [5, 5.41) is 28.2. The molecule has 0 bridgehead atoms. The van der Waals surface area contributed by atoms with Crippen molar-refractivity contribution in [2.75, 3.05) is 5.73 Å². The van der Waals surface area contributed by atoms with Gasteiger partial charge in [0.15, 0.2) is 16.8 Å². The second kappa shape index (κ2) is 11.1. The molecule has 8 N–H and O–H groups in total. The Kier molecular flexibility index (Phi) is 7.72. The molecule has 42 heavy (non-hydrogen) atoms. The highest BCUT2D eigenvalue weighted by Crippen LogP contribution is 2.40. The van der Waals surface area contributed by atoms with Crippen molar-refractivity contribution in [3.05, 3.63) is 23.0 Å². The van der Waals surface area contributed by atoms with Crippen molar-refractivity contribution >= 4 is 56.2 Å². The van der Waals surface area contributed by atoms with E-state index in [9.17, 15) is 32.5 Å². The fraction of sp³-hybridized carbons (Fsp3) is 0.524. The van der Waals surface area contributed by atoms with Crippen LogP contribution in [-0.2, 0) is 42.6 Å². The van der Waals surface area contributed by atoms with Gasteiger partial charge < -0.3 is 32.0 Å². The van der Waals surface area contributed by atoms with Crippen molar-refractivity contribution in [2.24, 2.45) is 15.9 Å². The molecule has 2 saturated carbocycles. The van der Waals surface area contributed by atoms with E-state index in [0.29, 0.717) is 5.69 Å². The first-order valence-electron chi connectivity index (χ1n) is 12.6. The van der Waals surface area contributed by atoms with Gasteiger partial charge in [-0.1, -0.05) is 5.16 Å². The molecule has 0 spiro atoms. The Hall–Kier alpha value is -4.37. The number of oxime groups is 1. The number of β-lactam (4-membered cyclic amide) rings is 1. The summed E-state index contributed by atoms with van der Waals surface area (Å²) in [4.78, 5) is 51.8. The lowest BCUT2D eigenvalue weighted by Crippen LogP contribution is -2.73. The van der Waals surface area contributed by atoms with Gasteiger partial charge in [-0.25, -0.2) is 19.1 Å². The van der Waals surface area contributed by atoms with Crippen LogP contribution >= 0.6 is 11.3 Å². The van der Waals surface area contributed by atoms with Gasteiger partial charge >= 0.3 is 16.3 Å². The number of carbonyl (C=O) groups is 3. The van der Waals surface area contributed by atoms with Crippen molar-refractivity contribution in [3.63, 3.8) is 0 Å². The summed E-state index contributed by atoms with van der Waals surface area (Å²) < 4.78 is 33.7. The number of thiazole rings is 1.